The molecule has 0 aromatic heterocycles. The molecule has 1 unspecified atom stereocenters. The summed E-state index contributed by atoms with van der Waals surface area (Å²) in [5.41, 5.74) is 0. The molecule has 20 heavy (non-hydrogen) atoms. The van der Waals surface area contributed by atoms with Crippen molar-refractivity contribution in [2.75, 3.05) is 26.7 Å². The lowest BCUT2D eigenvalue weighted by atomic mass is 9.96. The minimum atomic E-state index is -0.909. The molecule has 0 bridgehead atoms. The Morgan fingerprint density at radius 2 is 2.00 bits per heavy atom. The number of hydrogen-bond donors (Lipinski definition) is 1. The van der Waals surface area contributed by atoms with Gasteiger partial charge in [0.2, 0.25) is 11.8 Å². The molecule has 0 radical (unpaired) electrons. The van der Waals surface area contributed by atoms with E-state index in [1.807, 2.05) is 6.92 Å². The van der Waals surface area contributed by atoms with Crippen molar-refractivity contribution in [2.24, 2.45) is 5.92 Å². The molecule has 1 atom stereocenters. The van der Waals surface area contributed by atoms with Crippen LogP contribution in [-0.4, -0.2) is 59.4 Å². The fraction of sp³-hybridized carbons (Fsp3) is 0.786. The monoisotopic (exact) mass is 284 g/mol. The van der Waals surface area contributed by atoms with Crippen LogP contribution in [-0.2, 0) is 14.4 Å². The van der Waals surface area contributed by atoms with E-state index in [0.717, 1.165) is 25.8 Å². The van der Waals surface area contributed by atoms with Gasteiger partial charge in [-0.2, -0.15) is 0 Å². The van der Waals surface area contributed by atoms with Gasteiger partial charge in [0.05, 0.1) is 12.3 Å². The van der Waals surface area contributed by atoms with Crippen LogP contribution in [0.1, 0.15) is 39.0 Å². The highest BCUT2D eigenvalue weighted by molar-refractivity contribution is 5.81. The van der Waals surface area contributed by atoms with Crippen molar-refractivity contribution in [3.63, 3.8) is 0 Å². The Morgan fingerprint density at radius 1 is 1.30 bits per heavy atom. The number of carboxylic acids is 1. The van der Waals surface area contributed by atoms with Crippen LogP contribution in [0.4, 0.5) is 0 Å². The quantitative estimate of drug-likeness (QED) is 0.788. The van der Waals surface area contributed by atoms with Crippen LogP contribution in [0.15, 0.2) is 0 Å². The first-order valence-corrected chi connectivity index (χ1v) is 7.20. The zero-order chi connectivity index (χ0) is 15.1. The van der Waals surface area contributed by atoms with E-state index in [1.165, 1.54) is 4.90 Å². The van der Waals surface area contributed by atoms with Crippen molar-refractivity contribution in [3.8, 4) is 0 Å². The van der Waals surface area contributed by atoms with Crippen LogP contribution < -0.4 is 0 Å². The van der Waals surface area contributed by atoms with Crippen LogP contribution in [0.25, 0.3) is 0 Å². The van der Waals surface area contributed by atoms with Gasteiger partial charge in [-0.05, 0) is 19.3 Å². The summed E-state index contributed by atoms with van der Waals surface area (Å²) in [4.78, 5) is 37.9. The predicted molar refractivity (Wildman–Crippen MR) is 74.1 cm³/mol. The number of carboxylic acid groups (broad SMARTS) is 1. The first-order chi connectivity index (χ1) is 9.45. The highest BCUT2D eigenvalue weighted by Gasteiger charge is 2.29. The van der Waals surface area contributed by atoms with Crippen LogP contribution in [0, 0.1) is 5.92 Å². The summed E-state index contributed by atoms with van der Waals surface area (Å²) in [7, 11) is 1.62. The highest BCUT2D eigenvalue weighted by atomic mass is 16.4. The Morgan fingerprint density at radius 3 is 2.60 bits per heavy atom. The van der Waals surface area contributed by atoms with Crippen molar-refractivity contribution in [1.82, 2.24) is 9.80 Å². The van der Waals surface area contributed by atoms with E-state index in [9.17, 15) is 14.4 Å². The molecule has 0 aliphatic carbocycles. The van der Waals surface area contributed by atoms with E-state index < -0.39 is 5.97 Å². The lowest BCUT2D eigenvalue weighted by molar-refractivity contribution is -0.141. The zero-order valence-corrected chi connectivity index (χ0v) is 12.3. The number of rotatable bonds is 6. The molecule has 1 saturated heterocycles. The van der Waals surface area contributed by atoms with Gasteiger partial charge in [0, 0.05) is 33.1 Å². The smallest absolute Gasteiger partial charge is 0.305 e. The van der Waals surface area contributed by atoms with Crippen LogP contribution >= 0.6 is 0 Å². The van der Waals surface area contributed by atoms with E-state index in [0.29, 0.717) is 13.0 Å². The van der Waals surface area contributed by atoms with Gasteiger partial charge in [0.25, 0.3) is 0 Å². The summed E-state index contributed by atoms with van der Waals surface area (Å²) in [6.07, 6.45) is 2.89. The molecule has 0 spiro atoms. The molecule has 6 heteroatoms. The Bertz CT molecular complexity index is 370. The third kappa shape index (κ3) is 4.83. The first-order valence-electron chi connectivity index (χ1n) is 7.20. The second kappa shape index (κ2) is 7.87. The van der Waals surface area contributed by atoms with E-state index in [1.54, 1.807) is 11.9 Å². The minimum Gasteiger partial charge on any atom is -0.481 e. The number of piperidine rings is 1. The SMILES string of the molecule is CCCC(=O)N1CCCC(C(=O)N(C)CCC(=O)O)C1. The third-order valence-electron chi connectivity index (χ3n) is 3.62. The summed E-state index contributed by atoms with van der Waals surface area (Å²) >= 11 is 0. The molecule has 1 aliphatic rings. The van der Waals surface area contributed by atoms with Crippen LogP contribution in [0.5, 0.6) is 0 Å². The van der Waals surface area contributed by atoms with Crippen molar-refractivity contribution >= 4 is 17.8 Å². The van der Waals surface area contributed by atoms with Crippen LogP contribution in [0.2, 0.25) is 0 Å². The summed E-state index contributed by atoms with van der Waals surface area (Å²) < 4.78 is 0. The molecule has 1 aliphatic heterocycles. The zero-order valence-electron chi connectivity index (χ0n) is 12.3. The number of likely N-dealkylation sites (tertiary alicyclic amines) is 1. The molecule has 6 nitrogen and oxygen atoms in total. The average molecular weight is 284 g/mol. The molecule has 0 aromatic carbocycles. The maximum atomic E-state index is 12.2. The lowest BCUT2D eigenvalue weighted by Crippen LogP contribution is -2.46. The Balaban J connectivity index is 2.51. The maximum Gasteiger partial charge on any atom is 0.305 e. The van der Waals surface area contributed by atoms with E-state index in [2.05, 4.69) is 0 Å². The maximum absolute atomic E-state index is 12.2. The van der Waals surface area contributed by atoms with Crippen molar-refractivity contribution < 1.29 is 19.5 Å². The summed E-state index contributed by atoms with van der Waals surface area (Å²) in [5.74, 6) is -1.05. The Hall–Kier alpha value is -1.59. The molecule has 114 valence electrons. The molecule has 1 fully saturated rings. The molecular formula is C14H24N2O4. The average Bonchev–Trinajstić information content (AvgIpc) is 2.44. The summed E-state index contributed by atoms with van der Waals surface area (Å²) in [5, 5.41) is 8.64. The number of carbonyl (C=O) groups excluding carboxylic acids is 2. The van der Waals surface area contributed by atoms with Crippen molar-refractivity contribution in [1.29, 1.82) is 0 Å². The summed E-state index contributed by atoms with van der Waals surface area (Å²) in [6.45, 7) is 3.37. The second-order valence-corrected chi connectivity index (χ2v) is 5.33. The van der Waals surface area contributed by atoms with Gasteiger partial charge in [0.15, 0.2) is 0 Å². The Labute approximate surface area is 119 Å². The van der Waals surface area contributed by atoms with Gasteiger partial charge in [-0.3, -0.25) is 14.4 Å². The number of nitrogens with zero attached hydrogens (tertiary/aromatic N) is 2. The van der Waals surface area contributed by atoms with Gasteiger partial charge >= 0.3 is 5.97 Å². The predicted octanol–water partition coefficient (Wildman–Crippen LogP) is 0.958. The normalized spacial score (nSPS) is 18.7. The number of amides is 2. The number of hydrogen-bond acceptors (Lipinski definition) is 3. The highest BCUT2D eigenvalue weighted by Crippen LogP contribution is 2.19. The van der Waals surface area contributed by atoms with Gasteiger partial charge in [0.1, 0.15) is 0 Å². The van der Waals surface area contributed by atoms with E-state index >= 15 is 0 Å². The fourth-order valence-corrected chi connectivity index (χ4v) is 2.46. The standard InChI is InChI=1S/C14H24N2O4/c1-3-5-12(17)16-8-4-6-11(10-16)14(20)15(2)9-7-13(18)19/h11H,3-10H2,1-2H3,(H,18,19). The van der Waals surface area contributed by atoms with Crippen molar-refractivity contribution in [2.45, 2.75) is 39.0 Å². The molecule has 1 rings (SSSR count). The topological polar surface area (TPSA) is 77.9 Å². The van der Waals surface area contributed by atoms with Gasteiger partial charge < -0.3 is 14.9 Å². The van der Waals surface area contributed by atoms with Crippen LogP contribution in [0.3, 0.4) is 0 Å². The van der Waals surface area contributed by atoms with Gasteiger partial charge in [-0.1, -0.05) is 6.92 Å². The second-order valence-electron chi connectivity index (χ2n) is 5.33. The molecule has 1 N–H and O–H groups in total. The molecule has 2 amide bonds. The minimum absolute atomic E-state index is 0.0482. The molecular weight excluding hydrogens is 260 g/mol. The molecule has 1 heterocycles. The lowest BCUT2D eigenvalue weighted by Gasteiger charge is -2.34. The third-order valence-corrected chi connectivity index (χ3v) is 3.62. The van der Waals surface area contributed by atoms with E-state index in [4.69, 9.17) is 5.11 Å². The van der Waals surface area contributed by atoms with Crippen molar-refractivity contribution in [3.05, 3.63) is 0 Å². The van der Waals surface area contributed by atoms with Gasteiger partial charge in [-0.15, -0.1) is 0 Å². The van der Waals surface area contributed by atoms with Gasteiger partial charge in [-0.25, -0.2) is 0 Å². The first kappa shape index (κ1) is 16.5. The Kier molecular flexibility index (Phi) is 6.48. The molecule has 0 aromatic rings. The molecule has 0 saturated carbocycles. The summed E-state index contributed by atoms with van der Waals surface area (Å²) in [6, 6.07) is 0. The van der Waals surface area contributed by atoms with E-state index in [-0.39, 0.29) is 30.7 Å². The largest absolute Gasteiger partial charge is 0.481 e. The number of aliphatic carboxylic acids is 1. The number of carbonyl (C=O) groups is 3. The fourth-order valence-electron chi connectivity index (χ4n) is 2.46.